The molecular weight excluding hydrogens is 368 g/mol. The molecule has 156 valence electrons. The zero-order valence-corrected chi connectivity index (χ0v) is 17.0. The van der Waals surface area contributed by atoms with Crippen LogP contribution in [0.25, 0.3) is 11.3 Å². The van der Waals surface area contributed by atoms with Crippen LogP contribution in [0.15, 0.2) is 41.6 Å². The normalized spacial score (nSPS) is 13.8. The number of aliphatic carboxylic acids is 1. The summed E-state index contributed by atoms with van der Waals surface area (Å²) in [5, 5.41) is 15.5. The van der Waals surface area contributed by atoms with Crippen LogP contribution in [0, 0.1) is 12.8 Å². The number of aryl methyl sites for hydroxylation is 1. The van der Waals surface area contributed by atoms with Gasteiger partial charge in [0.1, 0.15) is 5.84 Å². The van der Waals surface area contributed by atoms with E-state index in [-0.39, 0.29) is 6.42 Å². The maximum atomic E-state index is 10.7. The van der Waals surface area contributed by atoms with Gasteiger partial charge in [-0.1, -0.05) is 31.5 Å². The van der Waals surface area contributed by atoms with Gasteiger partial charge < -0.3 is 21.7 Å². The highest BCUT2D eigenvalue weighted by molar-refractivity contribution is 5.85. The Labute approximate surface area is 171 Å². The van der Waals surface area contributed by atoms with Crippen molar-refractivity contribution in [2.45, 2.75) is 46.2 Å². The molecule has 1 aliphatic heterocycles. The molecule has 0 radical (unpaired) electrons. The van der Waals surface area contributed by atoms with E-state index in [1.165, 1.54) is 22.3 Å². The molecule has 0 amide bonds. The number of carbonyl (C=O) groups is 1. The molecule has 0 saturated carbocycles. The molecule has 0 fully saturated rings. The van der Waals surface area contributed by atoms with E-state index in [0.717, 1.165) is 25.2 Å². The Morgan fingerprint density at radius 2 is 2.07 bits per heavy atom. The molecule has 0 bridgehead atoms. The number of hydrogen-bond donors (Lipinski definition) is 5. The average molecular weight is 399 g/mol. The van der Waals surface area contributed by atoms with Crippen molar-refractivity contribution in [3.63, 3.8) is 0 Å². The first-order valence-electron chi connectivity index (χ1n) is 9.70. The summed E-state index contributed by atoms with van der Waals surface area (Å²) in [5.41, 5.74) is 8.54. The maximum Gasteiger partial charge on any atom is 0.306 e. The summed E-state index contributed by atoms with van der Waals surface area (Å²) in [5.74, 6) is 9.04. The number of rotatable bonds is 6. The van der Waals surface area contributed by atoms with E-state index in [9.17, 15) is 4.79 Å². The second-order valence-electron chi connectivity index (χ2n) is 7.06. The number of carboxylic acid groups (broad SMARTS) is 1. The molecule has 29 heavy (non-hydrogen) atoms. The number of carboxylic acids is 1. The molecule has 1 atom stereocenters. The Hall–Kier alpha value is -2.97. The van der Waals surface area contributed by atoms with Crippen molar-refractivity contribution >= 4 is 11.8 Å². The van der Waals surface area contributed by atoms with Crippen LogP contribution in [0.4, 0.5) is 0 Å². The zero-order valence-electron chi connectivity index (χ0n) is 17.0. The van der Waals surface area contributed by atoms with Gasteiger partial charge in [0.05, 0.1) is 11.6 Å². The number of benzene rings is 1. The Morgan fingerprint density at radius 3 is 2.66 bits per heavy atom. The molecule has 8 heteroatoms. The smallest absolute Gasteiger partial charge is 0.306 e. The molecular formula is C21H30N6O2. The molecule has 0 aliphatic carbocycles. The van der Waals surface area contributed by atoms with Crippen molar-refractivity contribution in [1.82, 2.24) is 15.7 Å². The van der Waals surface area contributed by atoms with Gasteiger partial charge in [0.2, 0.25) is 0 Å². The van der Waals surface area contributed by atoms with Crippen molar-refractivity contribution in [3.05, 3.63) is 53.2 Å². The predicted octanol–water partition coefficient (Wildman–Crippen LogP) is 2.27. The summed E-state index contributed by atoms with van der Waals surface area (Å²) in [6.45, 7) is 5.96. The van der Waals surface area contributed by atoms with Gasteiger partial charge in [-0.2, -0.15) is 5.10 Å². The Morgan fingerprint density at radius 1 is 1.31 bits per heavy atom. The maximum absolute atomic E-state index is 10.7. The average Bonchev–Trinajstić information content (AvgIpc) is 3.20. The van der Waals surface area contributed by atoms with Crippen LogP contribution in [0.5, 0.6) is 0 Å². The van der Waals surface area contributed by atoms with Crippen LogP contribution >= 0.6 is 0 Å². The van der Waals surface area contributed by atoms with Crippen molar-refractivity contribution in [3.8, 4) is 11.3 Å². The fourth-order valence-corrected chi connectivity index (χ4v) is 3.14. The second kappa shape index (κ2) is 11.1. The van der Waals surface area contributed by atoms with E-state index < -0.39 is 11.9 Å². The number of hydrazine groups is 1. The van der Waals surface area contributed by atoms with Gasteiger partial charge in [-0.25, -0.2) is 5.84 Å². The predicted molar refractivity (Wildman–Crippen MR) is 115 cm³/mol. The molecule has 1 aromatic heterocycles. The lowest BCUT2D eigenvalue weighted by Gasteiger charge is -2.11. The summed E-state index contributed by atoms with van der Waals surface area (Å²) in [6, 6.07) is 10.8. The van der Waals surface area contributed by atoms with Gasteiger partial charge in [0.25, 0.3) is 0 Å². The minimum Gasteiger partial charge on any atom is -0.481 e. The molecule has 1 unspecified atom stereocenters. The molecule has 0 spiro atoms. The number of pyridine rings is 1. The summed E-state index contributed by atoms with van der Waals surface area (Å²) >= 11 is 0. The van der Waals surface area contributed by atoms with E-state index in [2.05, 4.69) is 58.1 Å². The van der Waals surface area contributed by atoms with Crippen molar-refractivity contribution < 1.29 is 9.90 Å². The number of nitrogens with one attached hydrogen (secondary N) is 2. The minimum atomic E-state index is -0.849. The van der Waals surface area contributed by atoms with Crippen LogP contribution in [0.1, 0.15) is 42.9 Å². The Balaban J connectivity index is 0.000000213. The molecule has 8 nitrogen and oxygen atoms in total. The van der Waals surface area contributed by atoms with Crippen LogP contribution in [0.2, 0.25) is 0 Å². The van der Waals surface area contributed by atoms with E-state index in [0.29, 0.717) is 12.3 Å². The zero-order chi connectivity index (χ0) is 21.2. The molecule has 2 aromatic rings. The van der Waals surface area contributed by atoms with Gasteiger partial charge >= 0.3 is 5.97 Å². The lowest BCUT2D eigenvalue weighted by Crippen LogP contribution is -2.34. The fraction of sp³-hybridized carbons (Fsp3) is 0.381. The Kier molecular flexibility index (Phi) is 8.57. The number of hydrazone groups is 1. The van der Waals surface area contributed by atoms with Crippen LogP contribution in [-0.2, 0) is 17.9 Å². The SMILES string of the molecule is CCCC(C/C(=N/N)NN)C(=O)O.Cc1ccc(-c2ccc3c(c2)CNC3)nc1. The summed E-state index contributed by atoms with van der Waals surface area (Å²) < 4.78 is 0. The molecule has 1 aliphatic rings. The minimum absolute atomic E-state index is 0.246. The van der Waals surface area contributed by atoms with Gasteiger partial charge in [-0.05, 0) is 42.2 Å². The molecule has 0 saturated heterocycles. The first-order chi connectivity index (χ1) is 14.0. The highest BCUT2D eigenvalue weighted by atomic mass is 16.4. The highest BCUT2D eigenvalue weighted by Gasteiger charge is 2.18. The Bertz CT molecular complexity index is 836. The second-order valence-corrected chi connectivity index (χ2v) is 7.06. The number of hydrogen-bond acceptors (Lipinski definition) is 6. The fourth-order valence-electron chi connectivity index (χ4n) is 3.14. The van der Waals surface area contributed by atoms with Gasteiger partial charge in [0.15, 0.2) is 0 Å². The summed E-state index contributed by atoms with van der Waals surface area (Å²) in [7, 11) is 0. The third-order valence-corrected chi connectivity index (χ3v) is 4.79. The third kappa shape index (κ3) is 6.55. The standard InChI is InChI=1S/C14H14N2.C7H16N4O2/c1-10-2-5-14(16-7-10)11-3-4-12-8-15-9-13(12)6-11;1-2-3-5(7(12)13)4-6(10-8)11-9/h2-7,15H,8-9H2,1H3;5H,2-4,8-9H2,1H3,(H,10,11)(H,12,13). The highest BCUT2D eigenvalue weighted by Crippen LogP contribution is 2.23. The van der Waals surface area contributed by atoms with Crippen LogP contribution in [-0.4, -0.2) is 21.9 Å². The topological polar surface area (TPSA) is 139 Å². The number of nitrogens with zero attached hydrogens (tertiary/aromatic N) is 2. The molecule has 7 N–H and O–H groups in total. The van der Waals surface area contributed by atoms with Gasteiger partial charge in [0, 0.05) is 31.3 Å². The number of amidine groups is 1. The van der Waals surface area contributed by atoms with E-state index in [1.54, 1.807) is 0 Å². The van der Waals surface area contributed by atoms with Crippen LogP contribution in [0.3, 0.4) is 0 Å². The van der Waals surface area contributed by atoms with Crippen molar-refractivity contribution in [2.24, 2.45) is 22.7 Å². The van der Waals surface area contributed by atoms with Crippen LogP contribution < -0.4 is 22.4 Å². The third-order valence-electron chi connectivity index (χ3n) is 4.79. The number of fused-ring (bicyclic) bond motifs is 1. The van der Waals surface area contributed by atoms with Gasteiger partial charge in [-0.15, -0.1) is 0 Å². The van der Waals surface area contributed by atoms with Gasteiger partial charge in [-0.3, -0.25) is 9.78 Å². The largest absolute Gasteiger partial charge is 0.481 e. The molecule has 3 rings (SSSR count). The first kappa shape index (κ1) is 22.3. The monoisotopic (exact) mass is 398 g/mol. The lowest BCUT2D eigenvalue weighted by molar-refractivity contribution is -0.141. The lowest BCUT2D eigenvalue weighted by atomic mass is 10.00. The van der Waals surface area contributed by atoms with E-state index in [1.807, 2.05) is 13.1 Å². The summed E-state index contributed by atoms with van der Waals surface area (Å²) in [4.78, 5) is 15.1. The number of nitrogens with two attached hydrogens (primary N) is 2. The number of aromatic nitrogens is 1. The first-order valence-corrected chi connectivity index (χ1v) is 9.70. The molecule has 1 aromatic carbocycles. The molecule has 2 heterocycles. The summed E-state index contributed by atoms with van der Waals surface area (Å²) in [6.07, 6.45) is 3.56. The van der Waals surface area contributed by atoms with E-state index >= 15 is 0 Å². The van der Waals surface area contributed by atoms with E-state index in [4.69, 9.17) is 16.8 Å². The van der Waals surface area contributed by atoms with Crippen molar-refractivity contribution in [1.29, 1.82) is 0 Å². The quantitative estimate of drug-likeness (QED) is 0.218. The van der Waals surface area contributed by atoms with Crippen molar-refractivity contribution in [2.75, 3.05) is 0 Å².